The monoisotopic (exact) mass is 317 g/mol. The first-order valence-corrected chi connectivity index (χ1v) is 9.02. The summed E-state index contributed by atoms with van der Waals surface area (Å²) in [5.74, 6) is 1.33. The van der Waals surface area contributed by atoms with Crippen molar-refractivity contribution in [3.05, 3.63) is 0 Å². The maximum Gasteiger partial charge on any atom is 0.241 e. The molecular weight excluding hydrogens is 290 g/mol. The van der Waals surface area contributed by atoms with Gasteiger partial charge in [0.15, 0.2) is 0 Å². The molecule has 0 radical (unpaired) electrons. The topological polar surface area (TPSA) is 90.4 Å². The molecular formula is C18H27N3O2. The fourth-order valence-corrected chi connectivity index (χ4v) is 6.50. The van der Waals surface area contributed by atoms with Crippen molar-refractivity contribution in [1.29, 1.82) is 5.26 Å². The summed E-state index contributed by atoms with van der Waals surface area (Å²) in [6.45, 7) is 2.72. The molecule has 0 aromatic rings. The van der Waals surface area contributed by atoms with Crippen LogP contribution in [-0.2, 0) is 4.79 Å². The number of hydrogen-bond donors (Lipinski definition) is 2. The van der Waals surface area contributed by atoms with Gasteiger partial charge in [0, 0.05) is 6.54 Å². The van der Waals surface area contributed by atoms with Crippen molar-refractivity contribution < 1.29 is 9.90 Å². The molecule has 4 bridgehead atoms. The molecule has 5 fully saturated rings. The highest BCUT2D eigenvalue weighted by atomic mass is 16.3. The van der Waals surface area contributed by atoms with E-state index in [0.717, 1.165) is 32.1 Å². The molecule has 1 amide bonds. The molecule has 5 heteroatoms. The van der Waals surface area contributed by atoms with Gasteiger partial charge in [0.25, 0.3) is 0 Å². The summed E-state index contributed by atoms with van der Waals surface area (Å²) >= 11 is 0. The average molecular weight is 317 g/mol. The summed E-state index contributed by atoms with van der Waals surface area (Å²) in [5, 5.41) is 20.2. The average Bonchev–Trinajstić information content (AvgIpc) is 2.84. The smallest absolute Gasteiger partial charge is 0.241 e. The predicted molar refractivity (Wildman–Crippen MR) is 84.9 cm³/mol. The first-order valence-electron chi connectivity index (χ1n) is 9.02. The van der Waals surface area contributed by atoms with Crippen LogP contribution in [0, 0.1) is 34.5 Å². The summed E-state index contributed by atoms with van der Waals surface area (Å²) in [6, 6.07) is 1.36. The molecule has 1 saturated heterocycles. The Morgan fingerprint density at radius 2 is 1.96 bits per heavy atom. The number of aliphatic hydroxyl groups is 1. The first kappa shape index (κ1) is 15.4. The largest absolute Gasteiger partial charge is 0.390 e. The SMILES string of the molecule is C[C@H]1C[C@@H](C#N)N(C(=O)[C@@H](N)C23CC4CC(CC(O)(C4)C2)C3)C1. The third kappa shape index (κ3) is 2.30. The van der Waals surface area contributed by atoms with Gasteiger partial charge in [-0.2, -0.15) is 5.26 Å². The van der Waals surface area contributed by atoms with Gasteiger partial charge in [0.1, 0.15) is 6.04 Å². The lowest BCUT2D eigenvalue weighted by Gasteiger charge is -2.61. The zero-order chi connectivity index (χ0) is 16.4. The summed E-state index contributed by atoms with van der Waals surface area (Å²) in [7, 11) is 0. The second-order valence-corrected chi connectivity index (χ2v) is 9.00. The van der Waals surface area contributed by atoms with Crippen LogP contribution in [0.2, 0.25) is 0 Å². The minimum absolute atomic E-state index is 0.0635. The Morgan fingerprint density at radius 3 is 2.52 bits per heavy atom. The normalized spacial score (nSPS) is 49.2. The second kappa shape index (κ2) is 4.94. The van der Waals surface area contributed by atoms with Crippen LogP contribution in [0.5, 0.6) is 0 Å². The molecule has 3 N–H and O–H groups in total. The number of carbonyl (C=O) groups excluding carboxylic acids is 1. The number of nitriles is 1. The highest BCUT2D eigenvalue weighted by Gasteiger charge is 2.60. The van der Waals surface area contributed by atoms with Crippen molar-refractivity contribution in [3.8, 4) is 6.07 Å². The number of rotatable bonds is 2. The lowest BCUT2D eigenvalue weighted by Crippen LogP contribution is -2.64. The van der Waals surface area contributed by atoms with E-state index in [1.54, 1.807) is 4.90 Å². The van der Waals surface area contributed by atoms with Crippen molar-refractivity contribution in [2.45, 2.75) is 69.6 Å². The van der Waals surface area contributed by atoms with Crippen LogP contribution in [-0.4, -0.2) is 40.1 Å². The molecule has 5 atom stereocenters. The second-order valence-electron chi connectivity index (χ2n) is 9.00. The molecule has 4 saturated carbocycles. The number of amides is 1. The summed E-state index contributed by atoms with van der Waals surface area (Å²) in [6.07, 6.45) is 6.31. The highest BCUT2D eigenvalue weighted by Crippen LogP contribution is 2.62. The number of nitrogens with zero attached hydrogens (tertiary/aromatic N) is 2. The lowest BCUT2D eigenvalue weighted by atomic mass is 9.46. The molecule has 2 unspecified atom stereocenters. The molecule has 23 heavy (non-hydrogen) atoms. The minimum Gasteiger partial charge on any atom is -0.390 e. The lowest BCUT2D eigenvalue weighted by molar-refractivity contribution is -0.177. The molecule has 1 aliphatic heterocycles. The number of carbonyl (C=O) groups is 1. The summed E-state index contributed by atoms with van der Waals surface area (Å²) in [4.78, 5) is 14.8. The molecule has 5 rings (SSSR count). The first-order chi connectivity index (χ1) is 10.8. The van der Waals surface area contributed by atoms with E-state index in [-0.39, 0.29) is 17.4 Å². The maximum atomic E-state index is 13.0. The molecule has 0 aromatic carbocycles. The zero-order valence-electron chi connectivity index (χ0n) is 13.9. The van der Waals surface area contributed by atoms with Gasteiger partial charge >= 0.3 is 0 Å². The van der Waals surface area contributed by atoms with E-state index in [4.69, 9.17) is 5.73 Å². The van der Waals surface area contributed by atoms with Crippen LogP contribution in [0.25, 0.3) is 0 Å². The van der Waals surface area contributed by atoms with Crippen LogP contribution in [0.15, 0.2) is 0 Å². The molecule has 5 nitrogen and oxygen atoms in total. The van der Waals surface area contributed by atoms with Crippen LogP contribution in [0.4, 0.5) is 0 Å². The molecule has 1 heterocycles. The van der Waals surface area contributed by atoms with E-state index < -0.39 is 11.6 Å². The van der Waals surface area contributed by atoms with Gasteiger partial charge in [-0.05, 0) is 68.1 Å². The quantitative estimate of drug-likeness (QED) is 0.805. The van der Waals surface area contributed by atoms with Crippen LogP contribution >= 0.6 is 0 Å². The Bertz CT molecular complexity index is 555. The van der Waals surface area contributed by atoms with Crippen LogP contribution < -0.4 is 5.73 Å². The van der Waals surface area contributed by atoms with Crippen molar-refractivity contribution in [1.82, 2.24) is 4.90 Å². The Labute approximate surface area is 137 Å². The third-order valence-corrected chi connectivity index (χ3v) is 6.94. The minimum atomic E-state index is -0.602. The van der Waals surface area contributed by atoms with Gasteiger partial charge in [-0.15, -0.1) is 0 Å². The maximum absolute atomic E-state index is 13.0. The van der Waals surface area contributed by atoms with Gasteiger partial charge < -0.3 is 15.7 Å². The fourth-order valence-electron chi connectivity index (χ4n) is 6.50. The molecule has 0 aromatic heterocycles. The van der Waals surface area contributed by atoms with Crippen molar-refractivity contribution in [2.24, 2.45) is 28.9 Å². The zero-order valence-corrected chi connectivity index (χ0v) is 13.9. The summed E-state index contributed by atoms with van der Waals surface area (Å²) in [5.41, 5.74) is 5.66. The van der Waals surface area contributed by atoms with Crippen molar-refractivity contribution in [3.63, 3.8) is 0 Å². The van der Waals surface area contributed by atoms with E-state index in [0.29, 0.717) is 30.7 Å². The molecule has 4 aliphatic carbocycles. The van der Waals surface area contributed by atoms with E-state index in [2.05, 4.69) is 13.0 Å². The molecule has 0 spiro atoms. The Morgan fingerprint density at radius 1 is 1.30 bits per heavy atom. The number of likely N-dealkylation sites (tertiary alicyclic amines) is 1. The fraction of sp³-hybridized carbons (Fsp3) is 0.889. The third-order valence-electron chi connectivity index (χ3n) is 6.94. The Hall–Kier alpha value is -1.12. The van der Waals surface area contributed by atoms with Crippen LogP contribution in [0.3, 0.4) is 0 Å². The van der Waals surface area contributed by atoms with Gasteiger partial charge in [0.2, 0.25) is 5.91 Å². The predicted octanol–water partition coefficient (Wildman–Crippen LogP) is 1.41. The van der Waals surface area contributed by atoms with Crippen molar-refractivity contribution >= 4 is 5.91 Å². The Kier molecular flexibility index (Phi) is 3.31. The molecule has 5 aliphatic rings. The van der Waals surface area contributed by atoms with Gasteiger partial charge in [-0.25, -0.2) is 0 Å². The van der Waals surface area contributed by atoms with E-state index in [1.807, 2.05) is 0 Å². The van der Waals surface area contributed by atoms with Gasteiger partial charge in [-0.3, -0.25) is 4.79 Å². The molecule has 126 valence electrons. The number of hydrogen-bond acceptors (Lipinski definition) is 4. The highest BCUT2D eigenvalue weighted by molar-refractivity contribution is 5.83. The summed E-state index contributed by atoms with van der Waals surface area (Å²) < 4.78 is 0. The van der Waals surface area contributed by atoms with E-state index in [9.17, 15) is 15.2 Å². The van der Waals surface area contributed by atoms with E-state index in [1.165, 1.54) is 6.42 Å². The van der Waals surface area contributed by atoms with Crippen LogP contribution in [0.1, 0.15) is 51.9 Å². The van der Waals surface area contributed by atoms with Gasteiger partial charge in [-0.1, -0.05) is 6.92 Å². The number of nitrogens with two attached hydrogens (primary N) is 1. The van der Waals surface area contributed by atoms with Crippen molar-refractivity contribution in [2.75, 3.05) is 6.54 Å². The van der Waals surface area contributed by atoms with E-state index >= 15 is 0 Å². The standard InChI is InChI=1S/C18H27N3O2/c1-11-2-14(8-19)21(9-11)16(22)15(20)17-4-12-3-13(5-17)7-18(23,6-12)10-17/h11-15,23H,2-7,9-10,20H2,1H3/t11-,12?,13?,14-,15+,17?,18?/m0/s1. The Balaban J connectivity index is 1.58. The van der Waals surface area contributed by atoms with Gasteiger partial charge in [0.05, 0.1) is 17.7 Å².